The molecule has 5 rings (SSSR count). The fraction of sp³-hybridized carbons (Fsp3) is 0.400. The van der Waals surface area contributed by atoms with Gasteiger partial charge in [-0.2, -0.15) is 0 Å². The minimum atomic E-state index is 0.553. The molecule has 3 heterocycles. The number of benzene rings is 1. The normalized spacial score (nSPS) is 17.9. The predicted octanol–water partition coefficient (Wildman–Crippen LogP) is 3.02. The molecular formula is C20H22N4O2. The Morgan fingerprint density at radius 2 is 2.04 bits per heavy atom. The molecule has 1 aromatic carbocycles. The molecule has 0 radical (unpaired) electrons. The summed E-state index contributed by atoms with van der Waals surface area (Å²) in [6, 6.07) is 12.2. The van der Waals surface area contributed by atoms with E-state index in [0.717, 1.165) is 47.5 Å². The lowest BCUT2D eigenvalue weighted by Crippen LogP contribution is -2.31. The quantitative estimate of drug-likeness (QED) is 0.711. The van der Waals surface area contributed by atoms with Crippen LogP contribution in [0.15, 0.2) is 42.6 Å². The van der Waals surface area contributed by atoms with Gasteiger partial charge in [0.25, 0.3) is 0 Å². The van der Waals surface area contributed by atoms with Crippen molar-refractivity contribution >= 4 is 11.5 Å². The Balaban J connectivity index is 1.60. The van der Waals surface area contributed by atoms with Crippen LogP contribution in [0.5, 0.6) is 5.75 Å². The fourth-order valence-corrected chi connectivity index (χ4v) is 3.38. The summed E-state index contributed by atoms with van der Waals surface area (Å²) >= 11 is 0. The maximum absolute atomic E-state index is 5.83. The first kappa shape index (κ1) is 15.6. The van der Waals surface area contributed by atoms with Crippen molar-refractivity contribution in [2.45, 2.75) is 12.8 Å². The van der Waals surface area contributed by atoms with Gasteiger partial charge in [0.15, 0.2) is 5.65 Å². The number of imidazole rings is 1. The zero-order valence-electron chi connectivity index (χ0n) is 14.7. The van der Waals surface area contributed by atoms with Crippen molar-refractivity contribution in [1.82, 2.24) is 14.6 Å². The smallest absolute Gasteiger partial charge is 0.154 e. The molecule has 26 heavy (non-hydrogen) atoms. The molecular weight excluding hydrogens is 328 g/mol. The lowest BCUT2D eigenvalue weighted by Gasteiger charge is -2.24. The van der Waals surface area contributed by atoms with E-state index in [2.05, 4.69) is 22.0 Å². The number of hydrogen-bond donors (Lipinski definition) is 0. The summed E-state index contributed by atoms with van der Waals surface area (Å²) in [6.07, 6.45) is 4.51. The van der Waals surface area contributed by atoms with Gasteiger partial charge in [0, 0.05) is 18.7 Å². The van der Waals surface area contributed by atoms with Gasteiger partial charge in [-0.15, -0.1) is 5.10 Å². The Bertz CT molecular complexity index is 919. The summed E-state index contributed by atoms with van der Waals surface area (Å²) in [4.78, 5) is 6.86. The van der Waals surface area contributed by atoms with Crippen LogP contribution in [0.3, 0.4) is 0 Å². The Morgan fingerprint density at radius 1 is 1.08 bits per heavy atom. The second kappa shape index (κ2) is 6.61. The fourth-order valence-electron chi connectivity index (χ4n) is 3.38. The summed E-state index contributed by atoms with van der Waals surface area (Å²) in [5, 5.41) is 4.90. The average Bonchev–Trinajstić information content (AvgIpc) is 3.39. The van der Waals surface area contributed by atoms with Gasteiger partial charge in [-0.25, -0.2) is 9.50 Å². The number of hydrogen-bond acceptors (Lipinski definition) is 5. The first-order valence-electron chi connectivity index (χ1n) is 9.27. The molecule has 1 fully saturated rings. The molecule has 1 saturated carbocycles. The highest BCUT2D eigenvalue weighted by Crippen LogP contribution is 2.31. The molecule has 1 aliphatic carbocycles. The summed E-state index contributed by atoms with van der Waals surface area (Å²) < 4.78 is 13.5. The second-order valence-electron chi connectivity index (χ2n) is 6.98. The van der Waals surface area contributed by atoms with E-state index >= 15 is 0 Å². The molecule has 6 heteroatoms. The minimum absolute atomic E-state index is 0.553. The van der Waals surface area contributed by atoms with Crippen LogP contribution in [0.4, 0.5) is 5.82 Å². The molecule has 0 spiro atoms. The van der Waals surface area contributed by atoms with Crippen molar-refractivity contribution in [3.8, 4) is 17.0 Å². The molecule has 3 aromatic rings. The van der Waals surface area contributed by atoms with Gasteiger partial charge in [-0.3, -0.25) is 0 Å². The van der Waals surface area contributed by atoms with Crippen molar-refractivity contribution in [3.63, 3.8) is 0 Å². The van der Waals surface area contributed by atoms with Crippen LogP contribution < -0.4 is 9.64 Å². The third kappa shape index (κ3) is 3.12. The van der Waals surface area contributed by atoms with Gasteiger partial charge in [-0.1, -0.05) is 12.1 Å². The van der Waals surface area contributed by atoms with Gasteiger partial charge in [0.05, 0.1) is 25.1 Å². The van der Waals surface area contributed by atoms with Crippen molar-refractivity contribution in [2.75, 3.05) is 37.8 Å². The van der Waals surface area contributed by atoms with E-state index in [1.807, 2.05) is 35.0 Å². The van der Waals surface area contributed by atoms with Gasteiger partial charge in [0.1, 0.15) is 18.2 Å². The van der Waals surface area contributed by atoms with Crippen LogP contribution in [-0.4, -0.2) is 47.5 Å². The van der Waals surface area contributed by atoms with Crippen molar-refractivity contribution in [1.29, 1.82) is 0 Å². The largest absolute Gasteiger partial charge is 0.491 e. The molecule has 2 aromatic heterocycles. The summed E-state index contributed by atoms with van der Waals surface area (Å²) in [5.41, 5.74) is 2.88. The zero-order chi connectivity index (χ0) is 17.3. The first-order chi connectivity index (χ1) is 12.9. The Hall–Kier alpha value is -2.60. The first-order valence-corrected chi connectivity index (χ1v) is 9.27. The summed E-state index contributed by atoms with van der Waals surface area (Å²) in [7, 11) is 0. The highest BCUT2D eigenvalue weighted by Gasteiger charge is 2.25. The molecule has 0 N–H and O–H groups in total. The van der Waals surface area contributed by atoms with Crippen LogP contribution >= 0.6 is 0 Å². The Morgan fingerprint density at radius 3 is 2.96 bits per heavy atom. The molecule has 0 atom stereocenters. The number of nitrogens with zero attached hydrogens (tertiary/aromatic N) is 4. The maximum Gasteiger partial charge on any atom is 0.154 e. The molecule has 0 saturated heterocycles. The van der Waals surface area contributed by atoms with Crippen molar-refractivity contribution < 1.29 is 9.47 Å². The predicted molar refractivity (Wildman–Crippen MR) is 99.7 cm³/mol. The van der Waals surface area contributed by atoms with E-state index in [1.165, 1.54) is 12.8 Å². The minimum Gasteiger partial charge on any atom is -0.491 e. The lowest BCUT2D eigenvalue weighted by molar-refractivity contribution is 0.104. The third-order valence-electron chi connectivity index (χ3n) is 4.98. The number of anilines is 1. The Kier molecular flexibility index (Phi) is 3.97. The third-order valence-corrected chi connectivity index (χ3v) is 4.98. The molecule has 1 aliphatic heterocycles. The van der Waals surface area contributed by atoms with Crippen LogP contribution in [0.2, 0.25) is 0 Å². The molecule has 134 valence electrons. The van der Waals surface area contributed by atoms with Crippen molar-refractivity contribution in [3.05, 3.63) is 42.6 Å². The second-order valence-corrected chi connectivity index (χ2v) is 6.98. The highest BCUT2D eigenvalue weighted by atomic mass is 16.5. The number of rotatable bonds is 2. The van der Waals surface area contributed by atoms with Crippen LogP contribution in [0.25, 0.3) is 16.9 Å². The zero-order valence-corrected chi connectivity index (χ0v) is 14.7. The van der Waals surface area contributed by atoms with Crippen LogP contribution in [0.1, 0.15) is 12.8 Å². The number of aromatic nitrogens is 3. The van der Waals surface area contributed by atoms with Gasteiger partial charge in [0.2, 0.25) is 0 Å². The van der Waals surface area contributed by atoms with Gasteiger partial charge < -0.3 is 14.4 Å². The van der Waals surface area contributed by atoms with E-state index in [1.54, 1.807) is 0 Å². The van der Waals surface area contributed by atoms with Crippen LogP contribution in [0, 0.1) is 5.92 Å². The van der Waals surface area contributed by atoms with Gasteiger partial charge in [-0.05, 0) is 43.0 Å². The standard InChI is InChI=1S/C20H22N4O2/c1-2-16-12-17(3-1)26-11-10-25-9-8-23(14-15-4-5-15)20-7-6-19-21-13-18(16)24(19)22-20/h1-3,6-7,12-13,15H,4-5,8-11,14H2. The Labute approximate surface area is 152 Å². The molecule has 4 bridgehead atoms. The SMILES string of the molecule is c1cc2cc(c1)-c1cnc3ccc(nn13)N(CC1CC1)CCOCCO2. The van der Waals surface area contributed by atoms with E-state index in [0.29, 0.717) is 19.8 Å². The summed E-state index contributed by atoms with van der Waals surface area (Å²) in [6.45, 7) is 3.69. The average molecular weight is 350 g/mol. The highest BCUT2D eigenvalue weighted by molar-refractivity contribution is 5.65. The molecule has 0 amide bonds. The maximum atomic E-state index is 5.83. The monoisotopic (exact) mass is 350 g/mol. The summed E-state index contributed by atoms with van der Waals surface area (Å²) in [5.74, 6) is 2.61. The molecule has 2 aliphatic rings. The van der Waals surface area contributed by atoms with E-state index in [-0.39, 0.29) is 0 Å². The molecule has 0 unspecified atom stereocenters. The lowest BCUT2D eigenvalue weighted by atomic mass is 10.1. The van der Waals surface area contributed by atoms with E-state index < -0.39 is 0 Å². The van der Waals surface area contributed by atoms with Gasteiger partial charge >= 0.3 is 0 Å². The van der Waals surface area contributed by atoms with Crippen molar-refractivity contribution in [2.24, 2.45) is 5.92 Å². The topological polar surface area (TPSA) is 51.9 Å². The molecule has 6 nitrogen and oxygen atoms in total. The number of ether oxygens (including phenoxy) is 2. The van der Waals surface area contributed by atoms with E-state index in [4.69, 9.17) is 14.6 Å². The van der Waals surface area contributed by atoms with E-state index in [9.17, 15) is 0 Å². The number of fused-ring (bicyclic) bond motifs is 4. The van der Waals surface area contributed by atoms with Crippen LogP contribution in [-0.2, 0) is 4.74 Å².